The fourth-order valence-corrected chi connectivity index (χ4v) is 1.69. The third kappa shape index (κ3) is 4.91. The van der Waals surface area contributed by atoms with Crippen LogP contribution >= 0.6 is 0 Å². The second kappa shape index (κ2) is 7.79. The van der Waals surface area contributed by atoms with Crippen molar-refractivity contribution in [2.45, 2.75) is 26.8 Å². The summed E-state index contributed by atoms with van der Waals surface area (Å²) in [5.41, 5.74) is 1.66. The molecule has 19 heavy (non-hydrogen) atoms. The smallest absolute Gasteiger partial charge is 0.251 e. The van der Waals surface area contributed by atoms with Gasteiger partial charge in [0.2, 0.25) is 0 Å². The molecule has 0 saturated heterocycles. The number of benzene rings is 1. The van der Waals surface area contributed by atoms with E-state index in [0.29, 0.717) is 24.7 Å². The largest absolute Gasteiger partial charge is 0.388 e. The molecule has 0 aliphatic rings. The van der Waals surface area contributed by atoms with Crippen LogP contribution in [0.2, 0.25) is 0 Å². The molecule has 0 fully saturated rings. The third-order valence-corrected chi connectivity index (χ3v) is 3.06. The second-order valence-corrected chi connectivity index (χ2v) is 4.81. The van der Waals surface area contributed by atoms with E-state index in [0.717, 1.165) is 5.69 Å². The predicted molar refractivity (Wildman–Crippen MR) is 78.6 cm³/mol. The Kier molecular flexibility index (Phi) is 6.36. The summed E-state index contributed by atoms with van der Waals surface area (Å²) in [6.07, 6.45) is 0. The predicted octanol–water partition coefficient (Wildman–Crippen LogP) is 2.52. The molecule has 0 radical (unpaired) electrons. The molecule has 2 N–H and O–H groups in total. The van der Waals surface area contributed by atoms with Crippen molar-refractivity contribution in [3.8, 4) is 0 Å². The Bertz CT molecular complexity index is 388. The fourth-order valence-electron chi connectivity index (χ4n) is 1.69. The first-order valence-corrected chi connectivity index (χ1v) is 6.74. The number of rotatable bonds is 7. The lowest BCUT2D eigenvalue weighted by Crippen LogP contribution is -2.41. The SMILES string of the molecule is CCOCC(NC(=O)c1ccc(NC)cc1)C(C)C. The standard InChI is InChI=1S/C15H24N2O2/c1-5-19-10-14(11(2)3)17-15(18)12-6-8-13(16-4)9-7-12/h6-9,11,14,16H,5,10H2,1-4H3,(H,17,18). The van der Waals surface area contributed by atoms with Crippen LogP contribution in [0.5, 0.6) is 0 Å². The lowest BCUT2D eigenvalue weighted by Gasteiger charge is -2.22. The maximum absolute atomic E-state index is 12.1. The molecule has 1 rings (SSSR count). The van der Waals surface area contributed by atoms with Crippen molar-refractivity contribution in [3.05, 3.63) is 29.8 Å². The van der Waals surface area contributed by atoms with Gasteiger partial charge in [0, 0.05) is 24.9 Å². The molecule has 0 aliphatic carbocycles. The van der Waals surface area contributed by atoms with Crippen LogP contribution in [0.3, 0.4) is 0 Å². The minimum atomic E-state index is -0.0546. The normalized spacial score (nSPS) is 12.3. The zero-order valence-electron chi connectivity index (χ0n) is 12.2. The summed E-state index contributed by atoms with van der Waals surface area (Å²) in [5.74, 6) is 0.285. The number of hydrogen-bond acceptors (Lipinski definition) is 3. The number of amides is 1. The van der Waals surface area contributed by atoms with Crippen LogP contribution in [-0.2, 0) is 4.74 Å². The zero-order valence-corrected chi connectivity index (χ0v) is 12.2. The lowest BCUT2D eigenvalue weighted by molar-refractivity contribution is 0.0806. The van der Waals surface area contributed by atoms with Crippen LogP contribution in [0.1, 0.15) is 31.1 Å². The van der Waals surface area contributed by atoms with E-state index in [2.05, 4.69) is 24.5 Å². The maximum Gasteiger partial charge on any atom is 0.251 e. The monoisotopic (exact) mass is 264 g/mol. The first-order chi connectivity index (χ1) is 9.08. The van der Waals surface area contributed by atoms with Gasteiger partial charge in [0.25, 0.3) is 5.91 Å². The molecule has 1 amide bonds. The van der Waals surface area contributed by atoms with Crippen molar-refractivity contribution in [2.24, 2.45) is 5.92 Å². The molecule has 1 aromatic carbocycles. The minimum absolute atomic E-state index is 0.0384. The van der Waals surface area contributed by atoms with Crippen molar-refractivity contribution < 1.29 is 9.53 Å². The van der Waals surface area contributed by atoms with Gasteiger partial charge in [0.15, 0.2) is 0 Å². The van der Waals surface area contributed by atoms with Crippen molar-refractivity contribution in [3.63, 3.8) is 0 Å². The summed E-state index contributed by atoms with van der Waals surface area (Å²) >= 11 is 0. The summed E-state index contributed by atoms with van der Waals surface area (Å²) in [5, 5.41) is 6.05. The number of carbonyl (C=O) groups is 1. The Morgan fingerprint density at radius 3 is 2.37 bits per heavy atom. The number of hydrogen-bond donors (Lipinski definition) is 2. The average Bonchev–Trinajstić information content (AvgIpc) is 2.43. The molecule has 0 saturated carbocycles. The van der Waals surface area contributed by atoms with Crippen LogP contribution < -0.4 is 10.6 Å². The molecule has 0 aliphatic heterocycles. The van der Waals surface area contributed by atoms with Crippen molar-refractivity contribution in [2.75, 3.05) is 25.6 Å². The summed E-state index contributed by atoms with van der Waals surface area (Å²) in [7, 11) is 1.85. The van der Waals surface area contributed by atoms with E-state index in [4.69, 9.17) is 4.74 Å². The first-order valence-electron chi connectivity index (χ1n) is 6.74. The van der Waals surface area contributed by atoms with E-state index in [-0.39, 0.29) is 11.9 Å². The topological polar surface area (TPSA) is 50.4 Å². The summed E-state index contributed by atoms with van der Waals surface area (Å²) in [6.45, 7) is 7.32. The van der Waals surface area contributed by atoms with Gasteiger partial charge in [-0.05, 0) is 37.1 Å². The number of carbonyl (C=O) groups excluding carboxylic acids is 1. The van der Waals surface area contributed by atoms with E-state index < -0.39 is 0 Å². The van der Waals surface area contributed by atoms with Gasteiger partial charge in [-0.3, -0.25) is 4.79 Å². The number of ether oxygens (including phenoxy) is 1. The van der Waals surface area contributed by atoms with Gasteiger partial charge in [0.1, 0.15) is 0 Å². The number of anilines is 1. The maximum atomic E-state index is 12.1. The van der Waals surface area contributed by atoms with Crippen LogP contribution in [-0.4, -0.2) is 32.2 Å². The zero-order chi connectivity index (χ0) is 14.3. The summed E-state index contributed by atoms with van der Waals surface area (Å²) in [4.78, 5) is 12.1. The molecule has 1 atom stereocenters. The molecule has 0 bridgehead atoms. The van der Waals surface area contributed by atoms with Gasteiger partial charge >= 0.3 is 0 Å². The number of nitrogens with one attached hydrogen (secondary N) is 2. The van der Waals surface area contributed by atoms with Crippen LogP contribution in [0.15, 0.2) is 24.3 Å². The van der Waals surface area contributed by atoms with Gasteiger partial charge in [-0.25, -0.2) is 0 Å². The van der Waals surface area contributed by atoms with Crippen LogP contribution in [0.25, 0.3) is 0 Å². The van der Waals surface area contributed by atoms with Gasteiger partial charge in [0.05, 0.1) is 12.6 Å². The Balaban J connectivity index is 2.64. The van der Waals surface area contributed by atoms with E-state index in [1.807, 2.05) is 38.2 Å². The Morgan fingerprint density at radius 1 is 1.26 bits per heavy atom. The molecule has 106 valence electrons. The molecular formula is C15H24N2O2. The second-order valence-electron chi connectivity index (χ2n) is 4.81. The van der Waals surface area contributed by atoms with E-state index in [9.17, 15) is 4.79 Å². The highest BCUT2D eigenvalue weighted by Gasteiger charge is 2.17. The highest BCUT2D eigenvalue weighted by molar-refractivity contribution is 5.94. The summed E-state index contributed by atoms with van der Waals surface area (Å²) < 4.78 is 5.41. The third-order valence-electron chi connectivity index (χ3n) is 3.06. The molecule has 1 unspecified atom stereocenters. The van der Waals surface area contributed by atoms with Gasteiger partial charge in [-0.1, -0.05) is 13.8 Å². The lowest BCUT2D eigenvalue weighted by atomic mass is 10.0. The molecule has 0 spiro atoms. The van der Waals surface area contributed by atoms with Crippen molar-refractivity contribution in [1.82, 2.24) is 5.32 Å². The molecule has 0 aromatic heterocycles. The molecule has 4 nitrogen and oxygen atoms in total. The molecule has 4 heteroatoms. The van der Waals surface area contributed by atoms with Crippen molar-refractivity contribution in [1.29, 1.82) is 0 Å². The quantitative estimate of drug-likeness (QED) is 0.795. The minimum Gasteiger partial charge on any atom is -0.388 e. The van der Waals surface area contributed by atoms with Gasteiger partial charge in [-0.15, -0.1) is 0 Å². The van der Waals surface area contributed by atoms with E-state index >= 15 is 0 Å². The molecule has 0 heterocycles. The van der Waals surface area contributed by atoms with Gasteiger partial charge in [-0.2, -0.15) is 0 Å². The Morgan fingerprint density at radius 2 is 1.89 bits per heavy atom. The molecule has 1 aromatic rings. The van der Waals surface area contributed by atoms with E-state index in [1.54, 1.807) is 0 Å². The van der Waals surface area contributed by atoms with E-state index in [1.165, 1.54) is 0 Å². The van der Waals surface area contributed by atoms with Crippen LogP contribution in [0, 0.1) is 5.92 Å². The average molecular weight is 264 g/mol. The highest BCUT2D eigenvalue weighted by atomic mass is 16.5. The Labute approximate surface area is 115 Å². The summed E-state index contributed by atoms with van der Waals surface area (Å²) in [6, 6.07) is 7.46. The molecular weight excluding hydrogens is 240 g/mol. The first kappa shape index (κ1) is 15.5. The van der Waals surface area contributed by atoms with Crippen molar-refractivity contribution >= 4 is 11.6 Å². The van der Waals surface area contributed by atoms with Crippen LogP contribution in [0.4, 0.5) is 5.69 Å². The Hall–Kier alpha value is -1.55. The van der Waals surface area contributed by atoms with Gasteiger partial charge < -0.3 is 15.4 Å². The fraction of sp³-hybridized carbons (Fsp3) is 0.533. The highest BCUT2D eigenvalue weighted by Crippen LogP contribution is 2.10.